The lowest BCUT2D eigenvalue weighted by Crippen LogP contribution is -2.31. The highest BCUT2D eigenvalue weighted by Crippen LogP contribution is 2.34. The molecule has 0 saturated carbocycles. The van der Waals surface area contributed by atoms with E-state index in [1.54, 1.807) is 0 Å². The predicted octanol–water partition coefficient (Wildman–Crippen LogP) is 3.82. The number of hydrogen-bond acceptors (Lipinski definition) is 2. The van der Waals surface area contributed by atoms with Crippen LogP contribution in [0, 0.1) is 5.41 Å². The fourth-order valence-electron chi connectivity index (χ4n) is 1.65. The van der Waals surface area contributed by atoms with Crippen molar-refractivity contribution in [2.75, 3.05) is 6.54 Å². The third-order valence-corrected chi connectivity index (χ3v) is 5.09. The Morgan fingerprint density at radius 1 is 1.43 bits per heavy atom. The van der Waals surface area contributed by atoms with Gasteiger partial charge in [-0.05, 0) is 58.6 Å². The van der Waals surface area contributed by atoms with Crippen LogP contribution in [0.15, 0.2) is 15.9 Å². The summed E-state index contributed by atoms with van der Waals surface area (Å²) in [5.74, 6) is 0. The molecule has 1 nitrogen and oxygen atoms in total. The lowest BCUT2D eigenvalue weighted by Gasteiger charge is -2.29. The summed E-state index contributed by atoms with van der Waals surface area (Å²) in [5.41, 5.74) is 6.18. The van der Waals surface area contributed by atoms with Gasteiger partial charge in [0.15, 0.2) is 0 Å². The SMILES string of the molecule is CCC(CC)(CN)Cc1sccc1Br. The summed E-state index contributed by atoms with van der Waals surface area (Å²) < 4.78 is 1.24. The van der Waals surface area contributed by atoms with Crippen LogP contribution in [-0.2, 0) is 6.42 Å². The van der Waals surface area contributed by atoms with Gasteiger partial charge in [-0.1, -0.05) is 13.8 Å². The molecule has 0 unspecified atom stereocenters. The molecule has 0 aromatic carbocycles. The normalized spacial score (nSPS) is 12.0. The molecule has 1 heterocycles. The molecule has 80 valence electrons. The van der Waals surface area contributed by atoms with Crippen LogP contribution >= 0.6 is 27.3 Å². The number of halogens is 1. The van der Waals surface area contributed by atoms with Crippen LogP contribution in [0.1, 0.15) is 31.6 Å². The lowest BCUT2D eigenvalue weighted by molar-refractivity contribution is 0.273. The predicted molar refractivity (Wildman–Crippen MR) is 67.8 cm³/mol. The van der Waals surface area contributed by atoms with Gasteiger partial charge in [-0.2, -0.15) is 0 Å². The molecule has 0 aliphatic rings. The summed E-state index contributed by atoms with van der Waals surface area (Å²) in [4.78, 5) is 1.43. The van der Waals surface area contributed by atoms with E-state index in [-0.39, 0.29) is 0 Å². The van der Waals surface area contributed by atoms with E-state index in [1.165, 1.54) is 9.35 Å². The van der Waals surface area contributed by atoms with Gasteiger partial charge in [0.2, 0.25) is 0 Å². The molecule has 0 aliphatic heterocycles. The van der Waals surface area contributed by atoms with E-state index >= 15 is 0 Å². The second kappa shape index (κ2) is 5.29. The minimum atomic E-state index is 0.299. The number of thiophene rings is 1. The Morgan fingerprint density at radius 2 is 2.07 bits per heavy atom. The van der Waals surface area contributed by atoms with Crippen LogP contribution in [0.2, 0.25) is 0 Å². The zero-order chi connectivity index (χ0) is 10.6. The van der Waals surface area contributed by atoms with Gasteiger partial charge >= 0.3 is 0 Å². The second-order valence-corrected chi connectivity index (χ2v) is 5.63. The van der Waals surface area contributed by atoms with Crippen molar-refractivity contribution in [3.8, 4) is 0 Å². The largest absolute Gasteiger partial charge is 0.330 e. The maximum absolute atomic E-state index is 5.88. The molecule has 1 aromatic rings. The maximum Gasteiger partial charge on any atom is 0.0314 e. The first-order chi connectivity index (χ1) is 6.67. The van der Waals surface area contributed by atoms with Crippen molar-refractivity contribution >= 4 is 27.3 Å². The number of hydrogen-bond donors (Lipinski definition) is 1. The fourth-order valence-corrected chi connectivity index (χ4v) is 3.32. The zero-order valence-corrected chi connectivity index (χ0v) is 11.2. The van der Waals surface area contributed by atoms with E-state index in [1.807, 2.05) is 11.3 Å². The van der Waals surface area contributed by atoms with Crippen molar-refractivity contribution in [1.82, 2.24) is 0 Å². The molecule has 1 rings (SSSR count). The molecule has 0 aliphatic carbocycles. The summed E-state index contributed by atoms with van der Waals surface area (Å²) in [6.45, 7) is 5.25. The summed E-state index contributed by atoms with van der Waals surface area (Å²) in [6, 6.07) is 2.12. The molecule has 0 saturated heterocycles. The Balaban J connectivity index is 2.79. The topological polar surface area (TPSA) is 26.0 Å². The van der Waals surface area contributed by atoms with Gasteiger partial charge in [-0.25, -0.2) is 0 Å². The van der Waals surface area contributed by atoms with Gasteiger partial charge in [0.25, 0.3) is 0 Å². The quantitative estimate of drug-likeness (QED) is 0.869. The molecular formula is C11H18BrNS. The smallest absolute Gasteiger partial charge is 0.0314 e. The van der Waals surface area contributed by atoms with Gasteiger partial charge in [-0.15, -0.1) is 11.3 Å². The average molecular weight is 276 g/mol. The zero-order valence-electron chi connectivity index (χ0n) is 8.85. The molecule has 1 aromatic heterocycles. The van der Waals surface area contributed by atoms with E-state index in [0.717, 1.165) is 25.8 Å². The minimum absolute atomic E-state index is 0.299. The van der Waals surface area contributed by atoms with Crippen LogP contribution in [0.5, 0.6) is 0 Å². The van der Waals surface area contributed by atoms with Crippen molar-refractivity contribution in [3.63, 3.8) is 0 Å². The van der Waals surface area contributed by atoms with Crippen LogP contribution in [-0.4, -0.2) is 6.54 Å². The Morgan fingerprint density at radius 3 is 2.43 bits per heavy atom. The van der Waals surface area contributed by atoms with Crippen molar-refractivity contribution < 1.29 is 0 Å². The van der Waals surface area contributed by atoms with Crippen molar-refractivity contribution in [1.29, 1.82) is 0 Å². The van der Waals surface area contributed by atoms with Crippen LogP contribution in [0.4, 0.5) is 0 Å². The Hall–Kier alpha value is 0.140. The van der Waals surface area contributed by atoms with Gasteiger partial charge in [0.1, 0.15) is 0 Å². The minimum Gasteiger partial charge on any atom is -0.330 e. The third-order valence-electron chi connectivity index (χ3n) is 3.16. The van der Waals surface area contributed by atoms with E-state index in [9.17, 15) is 0 Å². The van der Waals surface area contributed by atoms with Crippen LogP contribution in [0.3, 0.4) is 0 Å². The second-order valence-electron chi connectivity index (χ2n) is 3.78. The summed E-state index contributed by atoms with van der Waals surface area (Å²) in [6.07, 6.45) is 3.42. The van der Waals surface area contributed by atoms with Crippen molar-refractivity contribution in [2.45, 2.75) is 33.1 Å². The Labute approximate surface area is 98.8 Å². The number of nitrogens with two attached hydrogens (primary N) is 1. The first-order valence-electron chi connectivity index (χ1n) is 5.09. The highest BCUT2D eigenvalue weighted by atomic mass is 79.9. The Bertz CT molecular complexity index is 270. The van der Waals surface area contributed by atoms with Gasteiger partial charge in [-0.3, -0.25) is 0 Å². The van der Waals surface area contributed by atoms with E-state index in [4.69, 9.17) is 5.73 Å². The molecule has 0 radical (unpaired) electrons. The molecular weight excluding hydrogens is 258 g/mol. The number of rotatable bonds is 5. The molecule has 0 amide bonds. The van der Waals surface area contributed by atoms with Crippen LogP contribution in [0.25, 0.3) is 0 Å². The molecule has 0 atom stereocenters. The molecule has 2 N–H and O–H groups in total. The standard InChI is InChI=1S/C11H18BrNS/c1-3-11(4-2,8-13)7-10-9(12)5-6-14-10/h5-6H,3-4,7-8,13H2,1-2H3. The van der Waals surface area contributed by atoms with Gasteiger partial charge < -0.3 is 5.73 Å². The highest BCUT2D eigenvalue weighted by molar-refractivity contribution is 9.10. The summed E-state index contributed by atoms with van der Waals surface area (Å²) >= 11 is 5.40. The highest BCUT2D eigenvalue weighted by Gasteiger charge is 2.25. The van der Waals surface area contributed by atoms with E-state index in [0.29, 0.717) is 5.41 Å². The maximum atomic E-state index is 5.88. The molecule has 0 fully saturated rings. The first-order valence-corrected chi connectivity index (χ1v) is 6.76. The van der Waals surface area contributed by atoms with Crippen molar-refractivity contribution in [2.24, 2.45) is 11.1 Å². The molecule has 3 heteroatoms. The van der Waals surface area contributed by atoms with E-state index < -0.39 is 0 Å². The van der Waals surface area contributed by atoms with Crippen molar-refractivity contribution in [3.05, 3.63) is 20.8 Å². The molecule has 14 heavy (non-hydrogen) atoms. The summed E-state index contributed by atoms with van der Waals surface area (Å²) in [5, 5.41) is 2.13. The van der Waals surface area contributed by atoms with E-state index in [2.05, 4.69) is 41.2 Å². The first kappa shape index (κ1) is 12.2. The molecule has 0 bridgehead atoms. The summed E-state index contributed by atoms with van der Waals surface area (Å²) in [7, 11) is 0. The monoisotopic (exact) mass is 275 g/mol. The lowest BCUT2D eigenvalue weighted by atomic mass is 9.79. The third kappa shape index (κ3) is 2.59. The Kier molecular flexibility index (Phi) is 4.61. The average Bonchev–Trinajstić information content (AvgIpc) is 2.61. The van der Waals surface area contributed by atoms with Gasteiger partial charge in [0, 0.05) is 9.35 Å². The fraction of sp³-hybridized carbons (Fsp3) is 0.636. The van der Waals surface area contributed by atoms with Crippen LogP contribution < -0.4 is 5.73 Å². The molecule has 0 spiro atoms. The van der Waals surface area contributed by atoms with Gasteiger partial charge in [0.05, 0.1) is 0 Å².